The van der Waals surface area contributed by atoms with E-state index in [1.165, 1.54) is 22.2 Å². The van der Waals surface area contributed by atoms with Crippen LogP contribution in [0.2, 0.25) is 0 Å². The summed E-state index contributed by atoms with van der Waals surface area (Å²) < 4.78 is 3.27. The van der Waals surface area contributed by atoms with Crippen LogP contribution in [0.5, 0.6) is 0 Å². The number of piperidine rings is 2. The number of rotatable bonds is 6. The van der Waals surface area contributed by atoms with E-state index < -0.39 is 5.60 Å². The van der Waals surface area contributed by atoms with Gasteiger partial charge in [0.05, 0.1) is 22.4 Å². The predicted octanol–water partition coefficient (Wildman–Crippen LogP) is 4.16. The summed E-state index contributed by atoms with van der Waals surface area (Å²) >= 11 is 1.44. The minimum Gasteiger partial charge on any atom is -0.388 e. The number of thiophene rings is 1. The lowest BCUT2D eigenvalue weighted by molar-refractivity contribution is -0.142. The molecular weight excluding hydrogens is 600 g/mol. The molecule has 2 atom stereocenters. The van der Waals surface area contributed by atoms with Crippen LogP contribution in [0.1, 0.15) is 40.4 Å². The number of hydrogen-bond donors (Lipinski definition) is 1. The summed E-state index contributed by atoms with van der Waals surface area (Å²) in [7, 11) is 1.84. The first kappa shape index (κ1) is 30.1. The highest BCUT2D eigenvalue weighted by molar-refractivity contribution is 7.12. The quantitative estimate of drug-likeness (QED) is 0.300. The number of amides is 2. The van der Waals surface area contributed by atoms with Crippen LogP contribution in [0.25, 0.3) is 22.2 Å². The Bertz CT molecular complexity index is 1930. The van der Waals surface area contributed by atoms with Crippen molar-refractivity contribution in [1.29, 1.82) is 0 Å². The molecule has 0 bridgehead atoms. The minimum absolute atomic E-state index is 0.0152. The van der Waals surface area contributed by atoms with Crippen LogP contribution in [0.3, 0.4) is 0 Å². The Labute approximate surface area is 270 Å². The second kappa shape index (κ2) is 12.3. The van der Waals surface area contributed by atoms with Gasteiger partial charge in [-0.2, -0.15) is 0 Å². The molecule has 2 aliphatic rings. The van der Waals surface area contributed by atoms with Gasteiger partial charge in [0.15, 0.2) is 0 Å². The van der Waals surface area contributed by atoms with E-state index in [4.69, 9.17) is 0 Å². The molecule has 0 spiro atoms. The summed E-state index contributed by atoms with van der Waals surface area (Å²) in [5.41, 5.74) is 2.37. The third-order valence-electron chi connectivity index (χ3n) is 9.59. The van der Waals surface area contributed by atoms with E-state index in [-0.39, 0.29) is 35.8 Å². The van der Waals surface area contributed by atoms with Crippen molar-refractivity contribution in [2.45, 2.75) is 37.3 Å². The van der Waals surface area contributed by atoms with Gasteiger partial charge in [-0.05, 0) is 65.6 Å². The van der Waals surface area contributed by atoms with Crippen LogP contribution >= 0.6 is 11.3 Å². The van der Waals surface area contributed by atoms with Gasteiger partial charge >= 0.3 is 0 Å². The molecule has 46 heavy (non-hydrogen) atoms. The number of carbonyl (C=O) groups is 2. The SMILES string of the molecule is Cn1ccc2c(=O)n(CC3(O)CCN(C(=O)[C@@H]4CCN(C(=O)c5cc(-c6ccncc6)cs5)C[C@H]4c4ccccc4)CC3)cnc21. The van der Waals surface area contributed by atoms with Gasteiger partial charge in [0.2, 0.25) is 5.91 Å². The molecule has 4 aromatic heterocycles. The highest BCUT2D eigenvalue weighted by Gasteiger charge is 2.42. The maximum absolute atomic E-state index is 14.1. The number of benzene rings is 1. The predicted molar refractivity (Wildman–Crippen MR) is 176 cm³/mol. The Kier molecular flexibility index (Phi) is 8.04. The van der Waals surface area contributed by atoms with Crippen LogP contribution in [-0.4, -0.2) is 77.6 Å². The van der Waals surface area contributed by atoms with Gasteiger partial charge in [0.25, 0.3) is 11.5 Å². The Morgan fingerprint density at radius 1 is 1.00 bits per heavy atom. The largest absolute Gasteiger partial charge is 0.388 e. The zero-order chi connectivity index (χ0) is 31.8. The van der Waals surface area contributed by atoms with E-state index in [1.54, 1.807) is 29.2 Å². The van der Waals surface area contributed by atoms with Gasteiger partial charge < -0.3 is 19.5 Å². The monoisotopic (exact) mass is 636 g/mol. The molecule has 1 N–H and O–H groups in total. The van der Waals surface area contributed by atoms with Crippen molar-refractivity contribution < 1.29 is 14.7 Å². The van der Waals surface area contributed by atoms with Gasteiger partial charge in [-0.15, -0.1) is 11.3 Å². The average Bonchev–Trinajstić information content (AvgIpc) is 3.74. The molecule has 11 heteroatoms. The van der Waals surface area contributed by atoms with E-state index in [0.717, 1.165) is 16.7 Å². The van der Waals surface area contributed by atoms with Crippen LogP contribution < -0.4 is 5.56 Å². The molecule has 2 amide bonds. The summed E-state index contributed by atoms with van der Waals surface area (Å²) in [6, 6.07) is 17.5. The van der Waals surface area contributed by atoms with Crippen LogP contribution in [-0.2, 0) is 18.4 Å². The number of nitrogens with zero attached hydrogens (tertiary/aromatic N) is 6. The van der Waals surface area contributed by atoms with Crippen molar-refractivity contribution in [1.82, 2.24) is 28.9 Å². The third-order valence-corrected chi connectivity index (χ3v) is 10.5. The number of fused-ring (bicyclic) bond motifs is 1. The van der Waals surface area contributed by atoms with E-state index in [9.17, 15) is 19.5 Å². The second-order valence-electron chi connectivity index (χ2n) is 12.5. The van der Waals surface area contributed by atoms with Crippen molar-refractivity contribution in [3.8, 4) is 11.1 Å². The van der Waals surface area contributed by atoms with Gasteiger partial charge in [-0.1, -0.05) is 30.3 Å². The molecule has 10 nitrogen and oxygen atoms in total. The number of likely N-dealkylation sites (tertiary alicyclic amines) is 2. The molecule has 1 aromatic carbocycles. The number of pyridine rings is 1. The van der Waals surface area contributed by atoms with E-state index in [0.29, 0.717) is 61.4 Å². The lowest BCUT2D eigenvalue weighted by Gasteiger charge is -2.43. The molecule has 5 aromatic rings. The van der Waals surface area contributed by atoms with Gasteiger partial charge in [-0.3, -0.25) is 23.9 Å². The third kappa shape index (κ3) is 5.76. The zero-order valence-corrected chi connectivity index (χ0v) is 26.5. The molecule has 7 rings (SSSR count). The van der Waals surface area contributed by atoms with Crippen molar-refractivity contribution in [3.63, 3.8) is 0 Å². The lowest BCUT2D eigenvalue weighted by atomic mass is 9.79. The van der Waals surface area contributed by atoms with Crippen molar-refractivity contribution in [2.24, 2.45) is 13.0 Å². The maximum Gasteiger partial charge on any atom is 0.263 e. The first-order chi connectivity index (χ1) is 22.3. The maximum atomic E-state index is 14.1. The Morgan fingerprint density at radius 2 is 1.76 bits per heavy atom. The molecule has 0 aliphatic carbocycles. The van der Waals surface area contributed by atoms with E-state index >= 15 is 0 Å². The fourth-order valence-corrected chi connectivity index (χ4v) is 7.80. The molecule has 0 saturated carbocycles. The summed E-state index contributed by atoms with van der Waals surface area (Å²) in [5, 5.41) is 14.0. The summed E-state index contributed by atoms with van der Waals surface area (Å²) in [6.45, 7) is 1.88. The van der Waals surface area contributed by atoms with Crippen molar-refractivity contribution in [2.75, 3.05) is 26.2 Å². The van der Waals surface area contributed by atoms with Crippen molar-refractivity contribution in [3.05, 3.63) is 106 Å². The van der Waals surface area contributed by atoms with Crippen LogP contribution in [0.15, 0.2) is 89.7 Å². The number of aromatic nitrogens is 4. The Morgan fingerprint density at radius 3 is 2.52 bits per heavy atom. The molecule has 0 unspecified atom stereocenters. The van der Waals surface area contributed by atoms with Crippen LogP contribution in [0.4, 0.5) is 0 Å². The first-order valence-corrected chi connectivity index (χ1v) is 16.5. The standard InChI is InChI=1S/C35H36N6O4S/c1-38-15-9-28-31(38)37-23-41(33(28)43)22-35(45)11-17-39(18-12-35)32(42)27-10-16-40(20-29(27)25-5-3-2-4-6-25)34(44)30-19-26(21-46-30)24-7-13-36-14-8-24/h2-9,13-15,19,21,23,27,29,45H,10-12,16-18,20,22H2,1H3/t27-,29+/m1/s1. The molecule has 236 valence electrons. The second-order valence-corrected chi connectivity index (χ2v) is 13.4. The molecule has 2 fully saturated rings. The number of hydrogen-bond acceptors (Lipinski definition) is 7. The van der Waals surface area contributed by atoms with Gasteiger partial charge in [-0.25, -0.2) is 4.98 Å². The van der Waals surface area contributed by atoms with Gasteiger partial charge in [0.1, 0.15) is 12.0 Å². The van der Waals surface area contributed by atoms with E-state index in [1.807, 2.05) is 70.8 Å². The highest BCUT2D eigenvalue weighted by atomic mass is 32.1. The number of aryl methyl sites for hydroxylation is 1. The molecular formula is C35H36N6O4S. The molecule has 6 heterocycles. The van der Waals surface area contributed by atoms with Crippen molar-refractivity contribution >= 4 is 34.2 Å². The first-order valence-electron chi connectivity index (χ1n) is 15.6. The lowest BCUT2D eigenvalue weighted by Crippen LogP contribution is -2.53. The van der Waals surface area contributed by atoms with Gasteiger partial charge in [0, 0.05) is 63.7 Å². The Hall–Kier alpha value is -4.61. The topological polar surface area (TPSA) is 114 Å². The molecule has 2 saturated heterocycles. The molecule has 2 aliphatic heterocycles. The number of aliphatic hydroxyl groups is 1. The number of carbonyl (C=O) groups excluding carboxylic acids is 2. The fourth-order valence-electron chi connectivity index (χ4n) is 6.92. The van der Waals surface area contributed by atoms with E-state index in [2.05, 4.69) is 9.97 Å². The summed E-state index contributed by atoms with van der Waals surface area (Å²) in [6.07, 6.45) is 8.07. The summed E-state index contributed by atoms with van der Waals surface area (Å²) in [4.78, 5) is 53.7. The highest BCUT2D eigenvalue weighted by Crippen LogP contribution is 2.37. The minimum atomic E-state index is -1.12. The smallest absolute Gasteiger partial charge is 0.263 e. The molecule has 0 radical (unpaired) electrons. The Balaban J connectivity index is 1.04. The fraction of sp³-hybridized carbons (Fsp3) is 0.343. The normalized spacial score (nSPS) is 19.8. The van der Waals surface area contributed by atoms with Crippen LogP contribution in [0, 0.1) is 5.92 Å². The summed E-state index contributed by atoms with van der Waals surface area (Å²) in [5.74, 6) is -0.378. The average molecular weight is 637 g/mol. The zero-order valence-electron chi connectivity index (χ0n) is 25.7.